The number of benzene rings is 1. The number of likely N-dealkylation sites (tertiary alicyclic amines) is 1. The van der Waals surface area contributed by atoms with E-state index in [0.29, 0.717) is 13.2 Å². The molecule has 1 unspecified atom stereocenters. The predicted octanol–water partition coefficient (Wildman–Crippen LogP) is 4.06. The van der Waals surface area contributed by atoms with Crippen LogP contribution in [0.15, 0.2) is 18.2 Å². The van der Waals surface area contributed by atoms with Crippen molar-refractivity contribution >= 4 is 11.6 Å². The Morgan fingerprint density at radius 3 is 2.76 bits per heavy atom. The van der Waals surface area contributed by atoms with Crippen LogP contribution >= 0.6 is 0 Å². The average Bonchev–Trinajstić information content (AvgIpc) is 3.28. The summed E-state index contributed by atoms with van der Waals surface area (Å²) in [5.74, 6) is 0.0909. The molecule has 29 heavy (non-hydrogen) atoms. The zero-order chi connectivity index (χ0) is 21.0. The number of ether oxygens (including phenoxy) is 1. The first-order valence-electron chi connectivity index (χ1n) is 10.7. The van der Waals surface area contributed by atoms with E-state index in [1.165, 1.54) is 11.1 Å². The summed E-state index contributed by atoms with van der Waals surface area (Å²) in [7, 11) is 0. The summed E-state index contributed by atoms with van der Waals surface area (Å²) < 4.78 is 5.70. The van der Waals surface area contributed by atoms with Gasteiger partial charge in [0.1, 0.15) is 6.73 Å². The summed E-state index contributed by atoms with van der Waals surface area (Å²) in [6, 6.07) is 6.47. The highest BCUT2D eigenvalue weighted by atomic mass is 16.5. The third-order valence-corrected chi connectivity index (χ3v) is 5.92. The molecule has 0 saturated carbocycles. The Bertz CT molecular complexity index is 826. The maximum absolute atomic E-state index is 13.5. The second-order valence-corrected chi connectivity index (χ2v) is 7.86. The summed E-state index contributed by atoms with van der Waals surface area (Å²) >= 11 is 0. The van der Waals surface area contributed by atoms with Gasteiger partial charge in [0, 0.05) is 23.9 Å². The van der Waals surface area contributed by atoms with E-state index in [9.17, 15) is 4.79 Å². The lowest BCUT2D eigenvalue weighted by Crippen LogP contribution is -2.42. The second kappa shape index (κ2) is 9.55. The zero-order valence-electron chi connectivity index (χ0n) is 18.4. The standard InChI is InChI=1S/C23H34N4O2/c1-6-19-11-8-10-16(3)23(19)27(15-29-7-2)21(28)14-26-13-9-12-20(26)22-17(4)24-25-18(22)5/h8,10-11,20H,6-7,9,12-15H2,1-5H3,(H,24,25). The number of aromatic amines is 1. The number of nitrogens with one attached hydrogen (secondary N) is 1. The summed E-state index contributed by atoms with van der Waals surface area (Å²) in [5, 5.41) is 7.46. The highest BCUT2D eigenvalue weighted by molar-refractivity contribution is 5.96. The van der Waals surface area contributed by atoms with E-state index in [1.54, 1.807) is 0 Å². The molecule has 1 saturated heterocycles. The van der Waals surface area contributed by atoms with Crippen LogP contribution in [0.2, 0.25) is 0 Å². The van der Waals surface area contributed by atoms with Crippen molar-refractivity contribution in [3.63, 3.8) is 0 Å². The zero-order valence-corrected chi connectivity index (χ0v) is 18.4. The van der Waals surface area contributed by atoms with E-state index in [-0.39, 0.29) is 18.7 Å². The van der Waals surface area contributed by atoms with Gasteiger partial charge in [-0.25, -0.2) is 0 Å². The quantitative estimate of drug-likeness (QED) is 0.681. The van der Waals surface area contributed by atoms with Crippen molar-refractivity contribution in [2.45, 2.75) is 59.9 Å². The molecule has 0 radical (unpaired) electrons. The van der Waals surface area contributed by atoms with Crippen LogP contribution < -0.4 is 4.90 Å². The van der Waals surface area contributed by atoms with E-state index >= 15 is 0 Å². The monoisotopic (exact) mass is 398 g/mol. The van der Waals surface area contributed by atoms with E-state index in [4.69, 9.17) is 4.74 Å². The molecular formula is C23H34N4O2. The van der Waals surface area contributed by atoms with Crippen LogP contribution in [-0.2, 0) is 16.0 Å². The molecule has 0 bridgehead atoms. The summed E-state index contributed by atoms with van der Waals surface area (Å²) in [4.78, 5) is 17.6. The number of anilines is 1. The smallest absolute Gasteiger partial charge is 0.243 e. The lowest BCUT2D eigenvalue weighted by molar-refractivity contribution is -0.121. The van der Waals surface area contributed by atoms with E-state index in [0.717, 1.165) is 48.4 Å². The van der Waals surface area contributed by atoms with Gasteiger partial charge in [0.25, 0.3) is 0 Å². The van der Waals surface area contributed by atoms with E-state index in [2.05, 4.69) is 54.1 Å². The molecule has 2 heterocycles. The number of carbonyl (C=O) groups is 1. The predicted molar refractivity (Wildman–Crippen MR) is 116 cm³/mol. The molecular weight excluding hydrogens is 364 g/mol. The third kappa shape index (κ3) is 4.54. The normalized spacial score (nSPS) is 17.1. The topological polar surface area (TPSA) is 61.5 Å². The lowest BCUT2D eigenvalue weighted by Gasteiger charge is -2.30. The highest BCUT2D eigenvalue weighted by Crippen LogP contribution is 2.35. The van der Waals surface area contributed by atoms with Crippen molar-refractivity contribution in [1.29, 1.82) is 0 Å². The van der Waals surface area contributed by atoms with Crippen molar-refractivity contribution in [3.8, 4) is 0 Å². The minimum absolute atomic E-state index is 0.0909. The summed E-state index contributed by atoms with van der Waals surface area (Å²) in [5.41, 5.74) is 6.67. The van der Waals surface area contributed by atoms with Gasteiger partial charge in [-0.1, -0.05) is 25.1 Å². The van der Waals surface area contributed by atoms with Crippen LogP contribution in [0, 0.1) is 20.8 Å². The molecule has 6 nitrogen and oxygen atoms in total. The second-order valence-electron chi connectivity index (χ2n) is 7.86. The third-order valence-electron chi connectivity index (χ3n) is 5.92. The molecule has 6 heteroatoms. The number of aryl methyl sites for hydroxylation is 4. The summed E-state index contributed by atoms with van der Waals surface area (Å²) in [6.07, 6.45) is 3.04. The maximum Gasteiger partial charge on any atom is 0.243 e. The van der Waals surface area contributed by atoms with Crippen molar-refractivity contribution < 1.29 is 9.53 Å². The molecule has 0 aliphatic carbocycles. The Morgan fingerprint density at radius 1 is 1.31 bits per heavy atom. The van der Waals surface area contributed by atoms with Gasteiger partial charge in [-0.2, -0.15) is 5.10 Å². The number of carbonyl (C=O) groups excluding carboxylic acids is 1. The fraction of sp³-hybridized carbons (Fsp3) is 0.565. The molecule has 1 aliphatic rings. The Labute approximate surface area is 174 Å². The first-order chi connectivity index (χ1) is 14.0. The highest BCUT2D eigenvalue weighted by Gasteiger charge is 2.32. The van der Waals surface area contributed by atoms with Gasteiger partial charge in [0.15, 0.2) is 0 Å². The van der Waals surface area contributed by atoms with Gasteiger partial charge in [0.2, 0.25) is 5.91 Å². The fourth-order valence-corrected chi connectivity index (χ4v) is 4.49. The molecule has 1 aliphatic heterocycles. The van der Waals surface area contributed by atoms with Crippen LogP contribution in [0.3, 0.4) is 0 Å². The number of nitrogens with zero attached hydrogens (tertiary/aromatic N) is 3. The number of aromatic nitrogens is 2. The van der Waals surface area contributed by atoms with Gasteiger partial charge >= 0.3 is 0 Å². The first kappa shape index (κ1) is 21.5. The Hall–Kier alpha value is -2.18. The van der Waals surface area contributed by atoms with E-state index in [1.807, 2.05) is 18.7 Å². The van der Waals surface area contributed by atoms with Crippen molar-refractivity contribution in [2.75, 3.05) is 31.3 Å². The lowest BCUT2D eigenvalue weighted by atomic mass is 10.0. The van der Waals surface area contributed by atoms with Gasteiger partial charge in [0.05, 0.1) is 17.9 Å². The van der Waals surface area contributed by atoms with Crippen LogP contribution in [0.25, 0.3) is 0 Å². The first-order valence-corrected chi connectivity index (χ1v) is 10.7. The molecule has 2 aromatic rings. The van der Waals surface area contributed by atoms with Crippen LogP contribution in [0.5, 0.6) is 0 Å². The fourth-order valence-electron chi connectivity index (χ4n) is 4.49. The number of rotatable bonds is 8. The summed E-state index contributed by atoms with van der Waals surface area (Å²) in [6.45, 7) is 12.4. The van der Waals surface area contributed by atoms with Gasteiger partial charge in [-0.05, 0) is 64.6 Å². The van der Waals surface area contributed by atoms with Crippen LogP contribution in [0.4, 0.5) is 5.69 Å². The molecule has 1 aromatic heterocycles. The SMILES string of the molecule is CCOCN(C(=O)CN1CCCC1c1c(C)n[nH]c1C)c1c(C)cccc1CC. The minimum Gasteiger partial charge on any atom is -0.361 e. The number of hydrogen-bond acceptors (Lipinski definition) is 4. The van der Waals surface area contributed by atoms with Crippen molar-refractivity contribution in [2.24, 2.45) is 0 Å². The van der Waals surface area contributed by atoms with Gasteiger partial charge in [-0.3, -0.25) is 19.7 Å². The Morgan fingerprint density at radius 2 is 2.10 bits per heavy atom. The Balaban J connectivity index is 1.86. The van der Waals surface area contributed by atoms with Gasteiger partial charge < -0.3 is 4.74 Å². The Kier molecular flexibility index (Phi) is 7.09. The van der Waals surface area contributed by atoms with Gasteiger partial charge in [-0.15, -0.1) is 0 Å². The van der Waals surface area contributed by atoms with Crippen LogP contribution in [-0.4, -0.2) is 47.4 Å². The molecule has 3 rings (SSSR count). The average molecular weight is 399 g/mol. The van der Waals surface area contributed by atoms with Crippen molar-refractivity contribution in [3.05, 3.63) is 46.3 Å². The number of amides is 1. The maximum atomic E-state index is 13.5. The largest absolute Gasteiger partial charge is 0.361 e. The molecule has 1 fully saturated rings. The minimum atomic E-state index is 0.0909. The van der Waals surface area contributed by atoms with Crippen LogP contribution in [0.1, 0.15) is 60.8 Å². The van der Waals surface area contributed by atoms with Crippen molar-refractivity contribution in [1.82, 2.24) is 15.1 Å². The molecule has 1 aromatic carbocycles. The molecule has 1 amide bonds. The number of hydrogen-bond donors (Lipinski definition) is 1. The molecule has 1 atom stereocenters. The van der Waals surface area contributed by atoms with E-state index < -0.39 is 0 Å². The molecule has 0 spiro atoms. The molecule has 158 valence electrons. The number of para-hydroxylation sites is 1. The number of H-pyrrole nitrogens is 1. The molecule has 1 N–H and O–H groups in total.